The summed E-state index contributed by atoms with van der Waals surface area (Å²) in [5, 5.41) is 8.17. The van der Waals surface area contributed by atoms with E-state index in [9.17, 15) is 9.59 Å². The number of morpholine rings is 1. The van der Waals surface area contributed by atoms with Crippen LogP contribution >= 0.6 is 0 Å². The number of anilines is 1. The second-order valence-electron chi connectivity index (χ2n) is 9.23. The van der Waals surface area contributed by atoms with Crippen LogP contribution in [0.25, 0.3) is 22.3 Å². The highest BCUT2D eigenvalue weighted by molar-refractivity contribution is 6.13. The molecule has 2 aromatic heterocycles. The summed E-state index contributed by atoms with van der Waals surface area (Å²) in [5.41, 5.74) is 4.97. The number of hydrogen-bond acceptors (Lipinski definition) is 5. The van der Waals surface area contributed by atoms with Crippen molar-refractivity contribution in [3.8, 4) is 11.3 Å². The van der Waals surface area contributed by atoms with Crippen molar-refractivity contribution in [2.45, 2.75) is 26.8 Å². The molecule has 1 saturated heterocycles. The van der Waals surface area contributed by atoms with Gasteiger partial charge in [0.15, 0.2) is 5.65 Å². The number of aryl methyl sites for hydroxylation is 1. The highest BCUT2D eigenvalue weighted by Crippen LogP contribution is 2.29. The van der Waals surface area contributed by atoms with Gasteiger partial charge < -0.3 is 15.0 Å². The SMILES string of the molecule is Cc1ccccc1-c1cc(C(=O)Nc2cccc(C(=O)N3CCOCC3)c2)c2cnn(C(C)C)c2n1. The van der Waals surface area contributed by atoms with Gasteiger partial charge >= 0.3 is 0 Å². The van der Waals surface area contributed by atoms with E-state index in [1.807, 2.05) is 55.8 Å². The van der Waals surface area contributed by atoms with Crippen molar-refractivity contribution in [1.29, 1.82) is 0 Å². The number of rotatable bonds is 5. The van der Waals surface area contributed by atoms with Crippen molar-refractivity contribution in [2.24, 2.45) is 0 Å². The van der Waals surface area contributed by atoms with E-state index in [2.05, 4.69) is 10.4 Å². The molecule has 8 heteroatoms. The molecule has 4 aromatic rings. The molecule has 0 radical (unpaired) electrons. The van der Waals surface area contributed by atoms with Gasteiger partial charge in [0, 0.05) is 35.9 Å². The van der Waals surface area contributed by atoms with Gasteiger partial charge in [0.1, 0.15) is 0 Å². The quantitative estimate of drug-likeness (QED) is 0.444. The van der Waals surface area contributed by atoms with Crippen molar-refractivity contribution in [3.05, 3.63) is 77.5 Å². The highest BCUT2D eigenvalue weighted by atomic mass is 16.5. The van der Waals surface area contributed by atoms with Gasteiger partial charge in [-0.25, -0.2) is 9.67 Å². The lowest BCUT2D eigenvalue weighted by molar-refractivity contribution is 0.0303. The van der Waals surface area contributed by atoms with Gasteiger partial charge in [0.05, 0.1) is 36.1 Å². The number of carbonyl (C=O) groups is 2. The first-order valence-corrected chi connectivity index (χ1v) is 12.1. The van der Waals surface area contributed by atoms with Crippen LogP contribution in [0.1, 0.15) is 46.2 Å². The molecule has 1 aliphatic heterocycles. The zero-order valence-electron chi connectivity index (χ0n) is 20.7. The molecule has 1 N–H and O–H groups in total. The average molecular weight is 484 g/mol. The minimum absolute atomic E-state index is 0.0688. The van der Waals surface area contributed by atoms with Gasteiger partial charge in [-0.1, -0.05) is 30.3 Å². The van der Waals surface area contributed by atoms with Crippen LogP contribution in [0.15, 0.2) is 60.8 Å². The lowest BCUT2D eigenvalue weighted by Crippen LogP contribution is -2.40. The number of aromatic nitrogens is 3. The average Bonchev–Trinajstić information content (AvgIpc) is 3.33. The van der Waals surface area contributed by atoms with Crippen molar-refractivity contribution in [2.75, 3.05) is 31.6 Å². The smallest absolute Gasteiger partial charge is 0.256 e. The maximum atomic E-state index is 13.6. The van der Waals surface area contributed by atoms with E-state index in [1.54, 1.807) is 35.4 Å². The summed E-state index contributed by atoms with van der Waals surface area (Å²) in [6, 6.07) is 16.9. The molecule has 0 spiro atoms. The molecular formula is C28H29N5O3. The van der Waals surface area contributed by atoms with Crippen LogP contribution in [0.4, 0.5) is 5.69 Å². The summed E-state index contributed by atoms with van der Waals surface area (Å²) in [6.07, 6.45) is 1.69. The number of hydrogen-bond donors (Lipinski definition) is 1. The summed E-state index contributed by atoms with van der Waals surface area (Å²) < 4.78 is 7.18. The Kier molecular flexibility index (Phi) is 6.52. The van der Waals surface area contributed by atoms with E-state index in [-0.39, 0.29) is 17.9 Å². The van der Waals surface area contributed by atoms with Crippen LogP contribution in [-0.2, 0) is 4.74 Å². The Bertz CT molecular complexity index is 1440. The van der Waals surface area contributed by atoms with Gasteiger partial charge in [-0.15, -0.1) is 0 Å². The molecular weight excluding hydrogens is 454 g/mol. The number of carbonyl (C=O) groups excluding carboxylic acids is 2. The maximum absolute atomic E-state index is 13.6. The number of pyridine rings is 1. The predicted octanol–water partition coefficient (Wildman–Crippen LogP) is 4.71. The minimum Gasteiger partial charge on any atom is -0.378 e. The van der Waals surface area contributed by atoms with Crippen LogP contribution in [0, 0.1) is 6.92 Å². The molecule has 1 aliphatic rings. The second kappa shape index (κ2) is 9.91. The Hall–Kier alpha value is -4.04. The number of fused-ring (bicyclic) bond motifs is 1. The highest BCUT2D eigenvalue weighted by Gasteiger charge is 2.21. The van der Waals surface area contributed by atoms with Crippen LogP contribution in [0.3, 0.4) is 0 Å². The van der Waals surface area contributed by atoms with Crippen molar-refractivity contribution in [1.82, 2.24) is 19.7 Å². The predicted molar refractivity (Wildman–Crippen MR) is 139 cm³/mol. The van der Waals surface area contributed by atoms with Crippen molar-refractivity contribution in [3.63, 3.8) is 0 Å². The van der Waals surface area contributed by atoms with E-state index in [4.69, 9.17) is 9.72 Å². The van der Waals surface area contributed by atoms with Crippen molar-refractivity contribution >= 4 is 28.5 Å². The third kappa shape index (κ3) is 4.59. The normalized spacial score (nSPS) is 13.8. The lowest BCUT2D eigenvalue weighted by Gasteiger charge is -2.27. The Morgan fingerprint density at radius 2 is 1.81 bits per heavy atom. The van der Waals surface area contributed by atoms with Gasteiger partial charge in [-0.05, 0) is 50.6 Å². The largest absolute Gasteiger partial charge is 0.378 e. The van der Waals surface area contributed by atoms with E-state index < -0.39 is 0 Å². The lowest BCUT2D eigenvalue weighted by atomic mass is 10.0. The molecule has 184 valence electrons. The number of amides is 2. The summed E-state index contributed by atoms with van der Waals surface area (Å²) in [7, 11) is 0. The monoisotopic (exact) mass is 483 g/mol. The van der Waals surface area contributed by atoms with Gasteiger partial charge in [-0.2, -0.15) is 5.10 Å². The molecule has 0 unspecified atom stereocenters. The first-order valence-electron chi connectivity index (χ1n) is 12.1. The van der Waals surface area contributed by atoms with Crippen LogP contribution < -0.4 is 5.32 Å². The van der Waals surface area contributed by atoms with Crippen molar-refractivity contribution < 1.29 is 14.3 Å². The fourth-order valence-electron chi connectivity index (χ4n) is 4.46. The molecule has 5 rings (SSSR count). The maximum Gasteiger partial charge on any atom is 0.256 e. The standard InChI is InChI=1S/C28H29N5O3/c1-18(2)33-26-24(17-29-33)23(16-25(31-26)22-10-5-4-7-19(22)3)27(34)30-21-9-6-8-20(15-21)28(35)32-11-13-36-14-12-32/h4-10,15-18H,11-14H2,1-3H3,(H,30,34). The molecule has 2 aromatic carbocycles. The zero-order valence-corrected chi connectivity index (χ0v) is 20.7. The second-order valence-corrected chi connectivity index (χ2v) is 9.23. The van der Waals surface area contributed by atoms with E-state index in [0.29, 0.717) is 59.8 Å². The molecule has 0 atom stereocenters. The van der Waals surface area contributed by atoms with Crippen LogP contribution in [0.5, 0.6) is 0 Å². The number of benzene rings is 2. The fraction of sp³-hybridized carbons (Fsp3) is 0.286. The third-order valence-electron chi connectivity index (χ3n) is 6.39. The molecule has 0 saturated carbocycles. The number of nitrogens with zero attached hydrogens (tertiary/aromatic N) is 4. The molecule has 1 fully saturated rings. The third-order valence-corrected chi connectivity index (χ3v) is 6.39. The van der Waals surface area contributed by atoms with Gasteiger partial charge in [-0.3, -0.25) is 9.59 Å². The topological polar surface area (TPSA) is 89.4 Å². The molecule has 3 heterocycles. The Balaban J connectivity index is 1.51. The first kappa shape index (κ1) is 23.7. The summed E-state index contributed by atoms with van der Waals surface area (Å²) in [5.74, 6) is -0.350. The summed E-state index contributed by atoms with van der Waals surface area (Å²) in [6.45, 7) is 8.28. The minimum atomic E-state index is -0.281. The van der Waals surface area contributed by atoms with Gasteiger partial charge in [0.2, 0.25) is 0 Å². The van der Waals surface area contributed by atoms with Crippen LogP contribution in [-0.4, -0.2) is 57.8 Å². The van der Waals surface area contributed by atoms with Gasteiger partial charge in [0.25, 0.3) is 11.8 Å². The van der Waals surface area contributed by atoms with E-state index in [0.717, 1.165) is 11.1 Å². The molecule has 0 aliphatic carbocycles. The number of nitrogens with one attached hydrogen (secondary N) is 1. The Morgan fingerprint density at radius 3 is 2.56 bits per heavy atom. The molecule has 0 bridgehead atoms. The van der Waals surface area contributed by atoms with E-state index >= 15 is 0 Å². The number of ether oxygens (including phenoxy) is 1. The summed E-state index contributed by atoms with van der Waals surface area (Å²) in [4.78, 5) is 33.1. The fourth-order valence-corrected chi connectivity index (χ4v) is 4.46. The molecule has 2 amide bonds. The first-order chi connectivity index (χ1) is 17.4. The Morgan fingerprint density at radius 1 is 1.03 bits per heavy atom. The Labute approximate surface area is 209 Å². The zero-order chi connectivity index (χ0) is 25.2. The molecule has 8 nitrogen and oxygen atoms in total. The van der Waals surface area contributed by atoms with E-state index in [1.165, 1.54) is 0 Å². The van der Waals surface area contributed by atoms with Crippen LogP contribution in [0.2, 0.25) is 0 Å². The summed E-state index contributed by atoms with van der Waals surface area (Å²) >= 11 is 0. The molecule has 36 heavy (non-hydrogen) atoms.